The van der Waals surface area contributed by atoms with E-state index in [0.29, 0.717) is 0 Å². The molecule has 0 aromatic heterocycles. The van der Waals surface area contributed by atoms with E-state index in [0.717, 1.165) is 18.5 Å². The molecule has 0 radical (unpaired) electrons. The Morgan fingerprint density at radius 2 is 1.62 bits per heavy atom. The number of esters is 1. The Balaban J connectivity index is 2.26. The molecule has 1 N–H and O–H groups in total. The van der Waals surface area contributed by atoms with Gasteiger partial charge in [0.2, 0.25) is 0 Å². The maximum atomic E-state index is 11.3. The lowest BCUT2D eigenvalue weighted by Crippen LogP contribution is -2.15. The maximum absolute atomic E-state index is 11.3. The van der Waals surface area contributed by atoms with Gasteiger partial charge in [0.05, 0.1) is 12.8 Å². The summed E-state index contributed by atoms with van der Waals surface area (Å²) in [6.45, 7) is 2.25. The van der Waals surface area contributed by atoms with Crippen molar-refractivity contribution >= 4 is 11.7 Å². The van der Waals surface area contributed by atoms with Crippen molar-refractivity contribution in [1.82, 2.24) is 0 Å². The summed E-state index contributed by atoms with van der Waals surface area (Å²) in [5.74, 6) is -0.356. The molecule has 146 valence electrons. The topological polar surface area (TPSA) is 47.6 Å². The molecule has 1 rings (SSSR count). The lowest BCUT2D eigenvalue weighted by Gasteiger charge is -2.15. The van der Waals surface area contributed by atoms with Crippen LogP contribution in [0.5, 0.6) is 0 Å². The van der Waals surface area contributed by atoms with E-state index < -0.39 is 0 Å². The van der Waals surface area contributed by atoms with E-state index >= 15 is 0 Å². The van der Waals surface area contributed by atoms with Crippen LogP contribution >= 0.6 is 0 Å². The minimum absolute atomic E-state index is 0.154. The van der Waals surface area contributed by atoms with Crippen LogP contribution in [0.15, 0.2) is 42.5 Å². The van der Waals surface area contributed by atoms with Crippen molar-refractivity contribution in [3.05, 3.63) is 42.5 Å². The Hall–Kier alpha value is -1.81. The van der Waals surface area contributed by atoms with Crippen LogP contribution in [0.25, 0.3) is 0 Å². The molecule has 1 atom stereocenters. The average Bonchev–Trinajstić information content (AvgIpc) is 2.68. The zero-order valence-electron chi connectivity index (χ0n) is 16.4. The van der Waals surface area contributed by atoms with Gasteiger partial charge in [0.15, 0.2) is 0 Å². The molecule has 0 amide bonds. The van der Waals surface area contributed by atoms with Crippen LogP contribution in [-0.2, 0) is 14.4 Å². The molecule has 1 aromatic rings. The van der Waals surface area contributed by atoms with E-state index in [1.807, 2.05) is 30.3 Å². The number of methoxy groups -OCH3 is 1. The highest BCUT2D eigenvalue weighted by atomic mass is 16.7. The first-order valence-corrected chi connectivity index (χ1v) is 9.99. The number of para-hydroxylation sites is 1. The fourth-order valence-electron chi connectivity index (χ4n) is 2.75. The van der Waals surface area contributed by atoms with Gasteiger partial charge in [-0.2, -0.15) is 0 Å². The highest BCUT2D eigenvalue weighted by molar-refractivity contribution is 5.81. The zero-order valence-corrected chi connectivity index (χ0v) is 16.4. The molecule has 0 saturated carbocycles. The van der Waals surface area contributed by atoms with E-state index in [1.165, 1.54) is 64.6 Å². The largest absolute Gasteiger partial charge is 0.466 e. The SMILES string of the molecule is CCCCCCCCCCC[C@H](/C=C/C(=O)OC)ONc1ccccc1. The molecule has 0 aliphatic carbocycles. The normalized spacial score (nSPS) is 12.2. The van der Waals surface area contributed by atoms with Gasteiger partial charge in [0.1, 0.15) is 6.10 Å². The first-order valence-electron chi connectivity index (χ1n) is 9.99. The van der Waals surface area contributed by atoms with Crippen molar-refractivity contribution in [2.45, 2.75) is 77.2 Å². The second kappa shape index (κ2) is 15.4. The van der Waals surface area contributed by atoms with Crippen molar-refractivity contribution in [1.29, 1.82) is 0 Å². The van der Waals surface area contributed by atoms with Crippen LogP contribution in [0.1, 0.15) is 71.1 Å². The van der Waals surface area contributed by atoms with Gasteiger partial charge in [-0.05, 0) is 24.6 Å². The molecule has 0 aliphatic heterocycles. The first kappa shape index (κ1) is 22.2. The Bertz CT molecular complexity index is 487. The second-order valence-corrected chi connectivity index (χ2v) is 6.62. The molecule has 0 spiro atoms. The number of anilines is 1. The number of carbonyl (C=O) groups is 1. The van der Waals surface area contributed by atoms with Gasteiger partial charge in [0, 0.05) is 6.08 Å². The predicted octanol–water partition coefficient (Wildman–Crippen LogP) is 6.05. The summed E-state index contributed by atoms with van der Waals surface area (Å²) in [7, 11) is 1.38. The van der Waals surface area contributed by atoms with Gasteiger partial charge >= 0.3 is 5.97 Å². The lowest BCUT2D eigenvalue weighted by atomic mass is 10.0. The highest BCUT2D eigenvalue weighted by Gasteiger charge is 2.07. The van der Waals surface area contributed by atoms with Crippen LogP contribution in [-0.4, -0.2) is 19.2 Å². The van der Waals surface area contributed by atoms with Crippen molar-refractivity contribution in [2.75, 3.05) is 12.6 Å². The fourth-order valence-corrected chi connectivity index (χ4v) is 2.75. The summed E-state index contributed by atoms with van der Waals surface area (Å²) in [5.41, 5.74) is 3.86. The van der Waals surface area contributed by atoms with Gasteiger partial charge in [-0.15, -0.1) is 0 Å². The Morgan fingerprint density at radius 3 is 2.23 bits per heavy atom. The summed E-state index contributed by atoms with van der Waals surface area (Å²) in [6, 6.07) is 9.75. The average molecular weight is 362 g/mol. The van der Waals surface area contributed by atoms with Crippen molar-refractivity contribution < 1.29 is 14.4 Å². The van der Waals surface area contributed by atoms with Crippen LogP contribution in [0.3, 0.4) is 0 Å². The summed E-state index contributed by atoms with van der Waals surface area (Å²) in [5, 5.41) is 0. The van der Waals surface area contributed by atoms with Gasteiger partial charge in [-0.1, -0.05) is 82.9 Å². The quantitative estimate of drug-likeness (QED) is 0.179. The van der Waals surface area contributed by atoms with Crippen LogP contribution < -0.4 is 5.48 Å². The van der Waals surface area contributed by atoms with Crippen LogP contribution in [0.2, 0.25) is 0 Å². The van der Waals surface area contributed by atoms with Gasteiger partial charge in [-0.3, -0.25) is 10.3 Å². The number of unbranched alkanes of at least 4 members (excludes halogenated alkanes) is 8. The van der Waals surface area contributed by atoms with E-state index in [-0.39, 0.29) is 12.1 Å². The zero-order chi connectivity index (χ0) is 18.9. The molecular weight excluding hydrogens is 326 g/mol. The molecule has 1 aromatic carbocycles. The van der Waals surface area contributed by atoms with Gasteiger partial charge in [-0.25, -0.2) is 4.79 Å². The van der Waals surface area contributed by atoms with Crippen molar-refractivity contribution in [3.63, 3.8) is 0 Å². The molecule has 4 nitrogen and oxygen atoms in total. The Morgan fingerprint density at radius 1 is 1.00 bits per heavy atom. The molecule has 0 aliphatic rings. The molecular formula is C22H35NO3. The molecule has 26 heavy (non-hydrogen) atoms. The highest BCUT2D eigenvalue weighted by Crippen LogP contribution is 2.14. The number of hydrogen-bond acceptors (Lipinski definition) is 4. The Labute approximate surface area is 158 Å². The molecule has 0 bridgehead atoms. The second-order valence-electron chi connectivity index (χ2n) is 6.62. The third kappa shape index (κ3) is 11.7. The smallest absolute Gasteiger partial charge is 0.330 e. The van der Waals surface area contributed by atoms with E-state index in [1.54, 1.807) is 6.08 Å². The third-order valence-electron chi connectivity index (χ3n) is 4.34. The Kier molecular flexibility index (Phi) is 13.2. The van der Waals surface area contributed by atoms with Crippen LogP contribution in [0, 0.1) is 0 Å². The fraction of sp³-hybridized carbons (Fsp3) is 0.591. The molecule has 0 fully saturated rings. The van der Waals surface area contributed by atoms with Crippen molar-refractivity contribution in [2.24, 2.45) is 0 Å². The van der Waals surface area contributed by atoms with E-state index in [4.69, 9.17) is 4.84 Å². The molecule has 0 saturated heterocycles. The summed E-state index contributed by atoms with van der Waals surface area (Å²) >= 11 is 0. The number of benzene rings is 1. The van der Waals surface area contributed by atoms with Gasteiger partial charge < -0.3 is 4.74 Å². The lowest BCUT2D eigenvalue weighted by molar-refractivity contribution is -0.134. The standard InChI is InChI=1S/C22H35NO3/c1-3-4-5-6-7-8-9-10-14-17-21(18-19-22(24)25-2)26-23-20-15-12-11-13-16-20/h11-13,15-16,18-19,21,23H,3-10,14,17H2,1-2H3/b19-18+/t21-/m1/s1. The monoisotopic (exact) mass is 361 g/mol. The minimum Gasteiger partial charge on any atom is -0.466 e. The van der Waals surface area contributed by atoms with Crippen molar-refractivity contribution in [3.8, 4) is 0 Å². The number of rotatable bonds is 15. The first-order chi connectivity index (χ1) is 12.8. The van der Waals surface area contributed by atoms with Gasteiger partial charge in [0.25, 0.3) is 0 Å². The number of hydrogen-bond donors (Lipinski definition) is 1. The molecule has 0 unspecified atom stereocenters. The summed E-state index contributed by atoms with van der Waals surface area (Å²) in [4.78, 5) is 17.1. The minimum atomic E-state index is -0.356. The predicted molar refractivity (Wildman–Crippen MR) is 108 cm³/mol. The third-order valence-corrected chi connectivity index (χ3v) is 4.34. The molecule has 4 heteroatoms. The maximum Gasteiger partial charge on any atom is 0.330 e. The number of ether oxygens (including phenoxy) is 1. The number of carbonyl (C=O) groups excluding carboxylic acids is 1. The van der Waals surface area contributed by atoms with E-state index in [2.05, 4.69) is 17.1 Å². The summed E-state index contributed by atoms with van der Waals surface area (Å²) < 4.78 is 4.66. The number of nitrogens with one attached hydrogen (secondary N) is 1. The van der Waals surface area contributed by atoms with E-state index in [9.17, 15) is 4.79 Å². The molecule has 0 heterocycles. The summed E-state index contributed by atoms with van der Waals surface area (Å²) in [6.07, 6.45) is 15.5. The van der Waals surface area contributed by atoms with Crippen LogP contribution in [0.4, 0.5) is 5.69 Å².